The van der Waals surface area contributed by atoms with Crippen molar-refractivity contribution >= 4 is 34.6 Å². The lowest BCUT2D eigenvalue weighted by Gasteiger charge is -2.10. The van der Waals surface area contributed by atoms with Crippen molar-refractivity contribution in [2.45, 2.75) is 13.8 Å². The molecule has 6 nitrogen and oxygen atoms in total. The minimum Gasteiger partial charge on any atom is -0.397 e. The van der Waals surface area contributed by atoms with E-state index >= 15 is 0 Å². The van der Waals surface area contributed by atoms with Gasteiger partial charge in [-0.25, -0.2) is 0 Å². The minimum atomic E-state index is -0.810. The standard InChI is InChI=1S/C16H18N4O2/c1-9-3-5-13(11(17)7-9)19-15(21)16(22)20-14-6-4-10(2)8-12(14)18/h3-8H,17-18H2,1-2H3,(H,19,21)(H,20,22). The van der Waals surface area contributed by atoms with Crippen molar-refractivity contribution in [2.24, 2.45) is 0 Å². The van der Waals surface area contributed by atoms with E-state index in [1.54, 1.807) is 36.4 Å². The van der Waals surface area contributed by atoms with Gasteiger partial charge in [0.05, 0.1) is 22.7 Å². The van der Waals surface area contributed by atoms with E-state index in [0.29, 0.717) is 22.7 Å². The molecule has 2 amide bonds. The van der Waals surface area contributed by atoms with Crippen LogP contribution >= 0.6 is 0 Å². The topological polar surface area (TPSA) is 110 Å². The van der Waals surface area contributed by atoms with Gasteiger partial charge in [0.25, 0.3) is 0 Å². The van der Waals surface area contributed by atoms with Gasteiger partial charge in [-0.05, 0) is 49.2 Å². The van der Waals surface area contributed by atoms with Gasteiger partial charge in [0.15, 0.2) is 0 Å². The number of nitrogens with one attached hydrogen (secondary N) is 2. The van der Waals surface area contributed by atoms with Crippen LogP contribution in [0.2, 0.25) is 0 Å². The molecule has 0 aliphatic carbocycles. The number of hydrogen-bond acceptors (Lipinski definition) is 4. The number of hydrogen-bond donors (Lipinski definition) is 4. The lowest BCUT2D eigenvalue weighted by atomic mass is 10.2. The van der Waals surface area contributed by atoms with Gasteiger partial charge in [-0.2, -0.15) is 0 Å². The molecule has 2 rings (SSSR count). The highest BCUT2D eigenvalue weighted by atomic mass is 16.2. The van der Waals surface area contributed by atoms with E-state index in [9.17, 15) is 9.59 Å². The third-order valence-electron chi connectivity index (χ3n) is 3.12. The van der Waals surface area contributed by atoms with Gasteiger partial charge in [0.2, 0.25) is 0 Å². The minimum absolute atomic E-state index is 0.391. The zero-order valence-corrected chi connectivity index (χ0v) is 12.4. The Bertz CT molecular complexity index is 677. The highest BCUT2D eigenvalue weighted by Crippen LogP contribution is 2.21. The zero-order chi connectivity index (χ0) is 16.3. The summed E-state index contributed by atoms with van der Waals surface area (Å²) in [7, 11) is 0. The highest BCUT2D eigenvalue weighted by molar-refractivity contribution is 6.44. The van der Waals surface area contributed by atoms with Crippen LogP contribution in [0.5, 0.6) is 0 Å². The SMILES string of the molecule is Cc1ccc(NC(=O)C(=O)Nc2ccc(C)cc2N)c(N)c1. The third-order valence-corrected chi connectivity index (χ3v) is 3.12. The number of anilines is 4. The molecule has 0 bridgehead atoms. The maximum Gasteiger partial charge on any atom is 0.314 e. The van der Waals surface area contributed by atoms with Gasteiger partial charge in [-0.3, -0.25) is 9.59 Å². The molecule has 6 N–H and O–H groups in total. The molecular formula is C16H18N4O2. The lowest BCUT2D eigenvalue weighted by molar-refractivity contribution is -0.132. The van der Waals surface area contributed by atoms with Crippen LogP contribution in [0.15, 0.2) is 36.4 Å². The number of benzene rings is 2. The van der Waals surface area contributed by atoms with Crippen LogP contribution < -0.4 is 22.1 Å². The molecule has 2 aromatic carbocycles. The second-order valence-corrected chi connectivity index (χ2v) is 5.09. The number of amides is 2. The van der Waals surface area contributed by atoms with Gasteiger partial charge in [0.1, 0.15) is 0 Å². The van der Waals surface area contributed by atoms with Crippen LogP contribution in [0.1, 0.15) is 11.1 Å². The molecular weight excluding hydrogens is 280 g/mol. The van der Waals surface area contributed by atoms with Gasteiger partial charge in [0, 0.05) is 0 Å². The predicted octanol–water partition coefficient (Wildman–Crippen LogP) is 2.05. The van der Waals surface area contributed by atoms with Crippen molar-refractivity contribution in [3.63, 3.8) is 0 Å². The summed E-state index contributed by atoms with van der Waals surface area (Å²) >= 11 is 0. The predicted molar refractivity (Wildman–Crippen MR) is 88.4 cm³/mol. The molecule has 114 valence electrons. The Kier molecular flexibility index (Phi) is 4.31. The summed E-state index contributed by atoms with van der Waals surface area (Å²) in [6, 6.07) is 10.3. The van der Waals surface area contributed by atoms with Crippen molar-refractivity contribution in [2.75, 3.05) is 22.1 Å². The van der Waals surface area contributed by atoms with Crippen molar-refractivity contribution < 1.29 is 9.59 Å². The molecule has 0 spiro atoms. The van der Waals surface area contributed by atoms with Gasteiger partial charge >= 0.3 is 11.8 Å². The van der Waals surface area contributed by atoms with Crippen LogP contribution in [0.4, 0.5) is 22.7 Å². The van der Waals surface area contributed by atoms with Gasteiger partial charge in [-0.15, -0.1) is 0 Å². The largest absolute Gasteiger partial charge is 0.397 e. The molecule has 0 atom stereocenters. The first-order valence-electron chi connectivity index (χ1n) is 6.71. The van der Waals surface area contributed by atoms with Crippen LogP contribution in [0, 0.1) is 13.8 Å². The number of rotatable bonds is 2. The van der Waals surface area contributed by atoms with E-state index in [4.69, 9.17) is 11.5 Å². The molecule has 0 aliphatic heterocycles. The Balaban J connectivity index is 2.07. The fraction of sp³-hybridized carbons (Fsp3) is 0.125. The summed E-state index contributed by atoms with van der Waals surface area (Å²) < 4.78 is 0. The molecule has 0 saturated heterocycles. The second kappa shape index (κ2) is 6.17. The Morgan fingerprint density at radius 2 is 1.14 bits per heavy atom. The molecule has 6 heteroatoms. The number of nitrogen functional groups attached to an aromatic ring is 2. The van der Waals surface area contributed by atoms with Crippen molar-refractivity contribution in [3.05, 3.63) is 47.5 Å². The normalized spacial score (nSPS) is 10.1. The quantitative estimate of drug-likeness (QED) is 0.502. The Morgan fingerprint density at radius 3 is 1.45 bits per heavy atom. The Morgan fingerprint density at radius 1 is 0.773 bits per heavy atom. The maximum absolute atomic E-state index is 11.9. The fourth-order valence-electron chi connectivity index (χ4n) is 1.95. The Labute approximate surface area is 128 Å². The van der Waals surface area contributed by atoms with Crippen LogP contribution in [0.25, 0.3) is 0 Å². The molecule has 22 heavy (non-hydrogen) atoms. The van der Waals surface area contributed by atoms with Crippen LogP contribution in [-0.4, -0.2) is 11.8 Å². The lowest BCUT2D eigenvalue weighted by Crippen LogP contribution is -2.29. The van der Waals surface area contributed by atoms with Crippen LogP contribution in [0.3, 0.4) is 0 Å². The molecule has 0 heterocycles. The van der Waals surface area contributed by atoms with E-state index in [-0.39, 0.29) is 0 Å². The van der Waals surface area contributed by atoms with E-state index in [0.717, 1.165) is 11.1 Å². The zero-order valence-electron chi connectivity index (χ0n) is 12.4. The molecule has 0 fully saturated rings. The molecule has 0 unspecified atom stereocenters. The number of aryl methyl sites for hydroxylation is 2. The van der Waals surface area contributed by atoms with Crippen molar-refractivity contribution in [1.82, 2.24) is 0 Å². The summed E-state index contributed by atoms with van der Waals surface area (Å²) in [4.78, 5) is 23.8. The maximum atomic E-state index is 11.9. The average molecular weight is 298 g/mol. The Hall–Kier alpha value is -3.02. The molecule has 2 aromatic rings. The smallest absolute Gasteiger partial charge is 0.314 e. The van der Waals surface area contributed by atoms with E-state index in [1.165, 1.54) is 0 Å². The van der Waals surface area contributed by atoms with E-state index in [2.05, 4.69) is 10.6 Å². The first-order valence-corrected chi connectivity index (χ1v) is 6.71. The second-order valence-electron chi connectivity index (χ2n) is 5.09. The summed E-state index contributed by atoms with van der Waals surface area (Å²) in [5.74, 6) is -1.62. The fourth-order valence-corrected chi connectivity index (χ4v) is 1.95. The van der Waals surface area contributed by atoms with E-state index in [1.807, 2.05) is 13.8 Å². The number of carbonyl (C=O) groups excluding carboxylic acids is 2. The average Bonchev–Trinajstić information content (AvgIpc) is 2.44. The first kappa shape index (κ1) is 15.4. The van der Waals surface area contributed by atoms with Crippen LogP contribution in [-0.2, 0) is 9.59 Å². The number of nitrogens with two attached hydrogens (primary N) is 2. The molecule has 0 aliphatic rings. The van der Waals surface area contributed by atoms with E-state index < -0.39 is 11.8 Å². The summed E-state index contributed by atoms with van der Waals surface area (Å²) in [6.45, 7) is 3.77. The first-order chi connectivity index (χ1) is 10.4. The monoisotopic (exact) mass is 298 g/mol. The van der Waals surface area contributed by atoms with Gasteiger partial charge < -0.3 is 22.1 Å². The van der Waals surface area contributed by atoms with Gasteiger partial charge in [-0.1, -0.05) is 12.1 Å². The van der Waals surface area contributed by atoms with Crippen molar-refractivity contribution in [1.29, 1.82) is 0 Å². The third kappa shape index (κ3) is 3.54. The molecule has 0 radical (unpaired) electrons. The molecule has 0 saturated carbocycles. The molecule has 0 aromatic heterocycles. The summed E-state index contributed by atoms with van der Waals surface area (Å²) in [5, 5.41) is 4.94. The summed E-state index contributed by atoms with van der Waals surface area (Å²) in [6.07, 6.45) is 0. The number of carbonyl (C=O) groups is 2. The van der Waals surface area contributed by atoms with Crippen molar-refractivity contribution in [3.8, 4) is 0 Å². The highest BCUT2D eigenvalue weighted by Gasteiger charge is 2.16. The summed E-state index contributed by atoms with van der Waals surface area (Å²) in [5.41, 5.74) is 15.1.